The molecule has 6 nitrogen and oxygen atoms in total. The second-order valence-corrected chi connectivity index (χ2v) is 11.0. The van der Waals surface area contributed by atoms with Crippen molar-refractivity contribution in [3.05, 3.63) is 33.8 Å². The summed E-state index contributed by atoms with van der Waals surface area (Å²) < 4.78 is 27.2. The molecule has 0 aliphatic carbocycles. The molecule has 0 aromatic heterocycles. The second-order valence-electron chi connectivity index (χ2n) is 8.24. The van der Waals surface area contributed by atoms with Gasteiger partial charge in [0, 0.05) is 36.2 Å². The van der Waals surface area contributed by atoms with Crippen LogP contribution in [0, 0.1) is 5.92 Å². The largest absolute Gasteiger partial charge is 0.355 e. The summed E-state index contributed by atoms with van der Waals surface area (Å²) in [6.07, 6.45) is 6.41. The molecule has 1 N–H and O–H groups in total. The van der Waals surface area contributed by atoms with Crippen molar-refractivity contribution in [2.75, 3.05) is 39.3 Å². The molecule has 3 rings (SSSR count). The van der Waals surface area contributed by atoms with Crippen molar-refractivity contribution in [2.24, 2.45) is 5.92 Å². The average molecular weight is 476 g/mol. The topological polar surface area (TPSA) is 69.7 Å². The molecule has 2 aliphatic rings. The van der Waals surface area contributed by atoms with Gasteiger partial charge in [0.25, 0.3) is 0 Å². The third kappa shape index (κ3) is 6.82. The first-order valence-corrected chi connectivity index (χ1v) is 13.1. The van der Waals surface area contributed by atoms with E-state index in [0.717, 1.165) is 19.6 Å². The molecular weight excluding hydrogens is 445 g/mol. The highest BCUT2D eigenvalue weighted by Crippen LogP contribution is 2.26. The second kappa shape index (κ2) is 11.1. The van der Waals surface area contributed by atoms with Crippen LogP contribution in [0.5, 0.6) is 0 Å². The van der Waals surface area contributed by atoms with E-state index in [1.165, 1.54) is 30.0 Å². The van der Waals surface area contributed by atoms with Gasteiger partial charge in [0.1, 0.15) is 0 Å². The van der Waals surface area contributed by atoms with E-state index in [9.17, 15) is 13.2 Å². The fourth-order valence-electron chi connectivity index (χ4n) is 4.18. The number of hydrogen-bond acceptors (Lipinski definition) is 4. The van der Waals surface area contributed by atoms with Crippen LogP contribution in [-0.2, 0) is 20.6 Å². The Hall–Kier alpha value is -0.860. The van der Waals surface area contributed by atoms with Gasteiger partial charge in [-0.05, 0) is 56.5 Å². The number of benzene rings is 1. The van der Waals surface area contributed by atoms with Crippen molar-refractivity contribution in [2.45, 2.75) is 44.3 Å². The third-order valence-electron chi connectivity index (χ3n) is 5.93. The van der Waals surface area contributed by atoms with E-state index in [2.05, 4.69) is 10.2 Å². The molecule has 1 aromatic carbocycles. The Morgan fingerprint density at radius 1 is 1.07 bits per heavy atom. The fraction of sp³-hybridized carbons (Fsp3) is 0.667. The first-order chi connectivity index (χ1) is 14.3. The first kappa shape index (κ1) is 23.8. The maximum absolute atomic E-state index is 12.9. The zero-order chi connectivity index (χ0) is 21.6. The lowest BCUT2D eigenvalue weighted by Gasteiger charge is -2.31. The monoisotopic (exact) mass is 475 g/mol. The van der Waals surface area contributed by atoms with E-state index in [4.69, 9.17) is 23.2 Å². The Labute approximate surface area is 189 Å². The third-order valence-corrected chi connectivity index (χ3v) is 8.31. The molecule has 0 bridgehead atoms. The van der Waals surface area contributed by atoms with Crippen LogP contribution in [0.2, 0.25) is 10.0 Å². The van der Waals surface area contributed by atoms with Crippen LogP contribution < -0.4 is 5.32 Å². The van der Waals surface area contributed by atoms with E-state index in [1.54, 1.807) is 18.2 Å². The van der Waals surface area contributed by atoms with Crippen LogP contribution >= 0.6 is 23.2 Å². The van der Waals surface area contributed by atoms with Crippen LogP contribution in [0.4, 0.5) is 0 Å². The van der Waals surface area contributed by atoms with E-state index < -0.39 is 10.0 Å². The minimum Gasteiger partial charge on any atom is -0.355 e. The van der Waals surface area contributed by atoms with E-state index in [1.807, 2.05) is 0 Å². The normalized spacial score (nSPS) is 21.9. The molecule has 2 aliphatic heterocycles. The van der Waals surface area contributed by atoms with Crippen molar-refractivity contribution >= 4 is 39.1 Å². The summed E-state index contributed by atoms with van der Waals surface area (Å²) in [6.45, 7) is 4.32. The molecule has 9 heteroatoms. The summed E-state index contributed by atoms with van der Waals surface area (Å²) in [5.74, 6) is -0.542. The summed E-state index contributed by atoms with van der Waals surface area (Å²) in [6, 6.07) is 4.82. The number of amides is 1. The van der Waals surface area contributed by atoms with Crippen LogP contribution in [0.1, 0.15) is 44.1 Å². The van der Waals surface area contributed by atoms with Crippen LogP contribution in [0.15, 0.2) is 18.2 Å². The molecule has 1 amide bonds. The van der Waals surface area contributed by atoms with E-state index in [0.29, 0.717) is 41.5 Å². The highest BCUT2D eigenvalue weighted by atomic mass is 35.5. The number of halogens is 2. The molecule has 30 heavy (non-hydrogen) atoms. The molecular formula is C21H31Cl2N3O3S. The molecule has 0 unspecified atom stereocenters. The fourth-order valence-corrected chi connectivity index (χ4v) is 6.37. The lowest BCUT2D eigenvalue weighted by molar-refractivity contribution is -0.126. The van der Waals surface area contributed by atoms with E-state index in [-0.39, 0.29) is 24.1 Å². The zero-order valence-corrected chi connectivity index (χ0v) is 19.6. The molecule has 2 fully saturated rings. The van der Waals surface area contributed by atoms with Crippen molar-refractivity contribution in [1.82, 2.24) is 14.5 Å². The van der Waals surface area contributed by atoms with Crippen LogP contribution in [0.25, 0.3) is 0 Å². The number of nitrogens with one attached hydrogen (secondary N) is 1. The van der Waals surface area contributed by atoms with Gasteiger partial charge in [0.15, 0.2) is 0 Å². The van der Waals surface area contributed by atoms with Crippen molar-refractivity contribution < 1.29 is 13.2 Å². The number of sulfonamides is 1. The van der Waals surface area contributed by atoms with Crippen LogP contribution in [-0.4, -0.2) is 62.8 Å². The molecule has 2 saturated heterocycles. The lowest BCUT2D eigenvalue weighted by atomic mass is 9.99. The number of nitrogens with zero attached hydrogens (tertiary/aromatic N) is 2. The Balaban J connectivity index is 1.51. The maximum atomic E-state index is 12.9. The molecule has 1 aromatic rings. The van der Waals surface area contributed by atoms with Crippen LogP contribution in [0.3, 0.4) is 0 Å². The zero-order valence-electron chi connectivity index (χ0n) is 17.3. The van der Waals surface area contributed by atoms with Crippen molar-refractivity contribution in [3.8, 4) is 0 Å². The van der Waals surface area contributed by atoms with Gasteiger partial charge in [-0.15, -0.1) is 0 Å². The van der Waals surface area contributed by atoms with Gasteiger partial charge in [-0.25, -0.2) is 12.7 Å². The van der Waals surface area contributed by atoms with Crippen molar-refractivity contribution in [3.63, 3.8) is 0 Å². The molecule has 0 spiro atoms. The standard InChI is InChI=1S/C21H31Cl2N3O3S/c22-19-8-7-18(20(23)14-19)16-30(28,29)26-12-5-6-17(15-26)21(27)24-9-13-25-10-3-1-2-4-11-25/h7-8,14,17H,1-6,9-13,15-16H2,(H,24,27)/t17-/m1/s1. The average Bonchev–Trinajstić information content (AvgIpc) is 2.99. The smallest absolute Gasteiger partial charge is 0.224 e. The Bertz CT molecular complexity index is 827. The number of likely N-dealkylation sites (tertiary alicyclic amines) is 1. The summed E-state index contributed by atoms with van der Waals surface area (Å²) in [4.78, 5) is 15.0. The highest BCUT2D eigenvalue weighted by molar-refractivity contribution is 7.88. The highest BCUT2D eigenvalue weighted by Gasteiger charge is 2.32. The van der Waals surface area contributed by atoms with Crippen molar-refractivity contribution in [1.29, 1.82) is 0 Å². The maximum Gasteiger partial charge on any atom is 0.224 e. The molecule has 168 valence electrons. The Morgan fingerprint density at radius 2 is 1.80 bits per heavy atom. The van der Waals surface area contributed by atoms with Gasteiger partial charge in [-0.3, -0.25) is 4.79 Å². The van der Waals surface area contributed by atoms with Gasteiger partial charge in [-0.2, -0.15) is 0 Å². The van der Waals surface area contributed by atoms with E-state index >= 15 is 0 Å². The van der Waals surface area contributed by atoms with Gasteiger partial charge in [0.05, 0.1) is 11.7 Å². The summed E-state index contributed by atoms with van der Waals surface area (Å²) in [7, 11) is -3.56. The quantitative estimate of drug-likeness (QED) is 0.654. The van der Waals surface area contributed by atoms with Gasteiger partial charge in [-0.1, -0.05) is 42.1 Å². The number of carbonyl (C=O) groups is 1. The summed E-state index contributed by atoms with van der Waals surface area (Å²) in [5, 5.41) is 3.83. The Morgan fingerprint density at radius 3 is 2.50 bits per heavy atom. The Kier molecular flexibility index (Phi) is 8.83. The summed E-state index contributed by atoms with van der Waals surface area (Å²) in [5.41, 5.74) is 0.519. The molecule has 0 saturated carbocycles. The molecule has 2 heterocycles. The lowest BCUT2D eigenvalue weighted by Crippen LogP contribution is -2.46. The minimum atomic E-state index is -3.56. The number of piperidine rings is 1. The summed E-state index contributed by atoms with van der Waals surface area (Å²) >= 11 is 12.0. The van der Waals surface area contributed by atoms with Gasteiger partial charge in [0.2, 0.25) is 15.9 Å². The number of carbonyl (C=O) groups excluding carboxylic acids is 1. The molecule has 1 atom stereocenters. The predicted molar refractivity (Wildman–Crippen MR) is 121 cm³/mol. The van der Waals surface area contributed by atoms with Gasteiger partial charge >= 0.3 is 0 Å². The minimum absolute atomic E-state index is 0.0470. The molecule has 0 radical (unpaired) electrons. The van der Waals surface area contributed by atoms with Gasteiger partial charge < -0.3 is 10.2 Å². The first-order valence-electron chi connectivity index (χ1n) is 10.8. The number of hydrogen-bond donors (Lipinski definition) is 1. The number of rotatable bonds is 7. The SMILES string of the molecule is O=C(NCCN1CCCCCC1)[C@@H]1CCCN(S(=O)(=O)Cc2ccc(Cl)cc2Cl)C1. The predicted octanol–water partition coefficient (Wildman–Crippen LogP) is 3.53.